The number of carbonyl (C=O) groups is 1. The average Bonchev–Trinajstić information content (AvgIpc) is 2.72. The lowest BCUT2D eigenvalue weighted by molar-refractivity contribution is 0.0932. The smallest absolute Gasteiger partial charge is 0.274 e. The molecule has 0 bridgehead atoms. The first kappa shape index (κ1) is 12.0. The van der Waals surface area contributed by atoms with Crippen molar-refractivity contribution >= 4 is 11.6 Å². The Morgan fingerprint density at radius 1 is 1.59 bits per heavy atom. The van der Waals surface area contributed by atoms with Crippen molar-refractivity contribution in [3.05, 3.63) is 11.4 Å². The average molecular weight is 236 g/mol. The molecule has 1 fully saturated rings. The maximum Gasteiger partial charge on any atom is 0.274 e. The van der Waals surface area contributed by atoms with Gasteiger partial charge < -0.3 is 11.1 Å². The SMILES string of the molecule is Cc1[nH]nc(C(=O)NC2CCC(C)(C)C2)c1N. The van der Waals surface area contributed by atoms with Crippen LogP contribution in [-0.4, -0.2) is 22.1 Å². The highest BCUT2D eigenvalue weighted by atomic mass is 16.2. The molecule has 1 aromatic rings. The normalized spacial score (nSPS) is 22.6. The summed E-state index contributed by atoms with van der Waals surface area (Å²) in [7, 11) is 0. The van der Waals surface area contributed by atoms with E-state index in [4.69, 9.17) is 5.73 Å². The fourth-order valence-corrected chi connectivity index (χ4v) is 2.42. The molecule has 5 nitrogen and oxygen atoms in total. The Hall–Kier alpha value is -1.52. The summed E-state index contributed by atoms with van der Waals surface area (Å²) >= 11 is 0. The van der Waals surface area contributed by atoms with Crippen LogP contribution in [0.4, 0.5) is 5.69 Å². The first-order chi connectivity index (χ1) is 7.89. The van der Waals surface area contributed by atoms with E-state index in [2.05, 4.69) is 29.4 Å². The molecule has 1 aliphatic rings. The van der Waals surface area contributed by atoms with Crippen molar-refractivity contribution < 1.29 is 4.79 Å². The van der Waals surface area contributed by atoms with Gasteiger partial charge in [-0.3, -0.25) is 9.89 Å². The number of rotatable bonds is 2. The van der Waals surface area contributed by atoms with Gasteiger partial charge in [0.05, 0.1) is 11.4 Å². The molecular weight excluding hydrogens is 216 g/mol. The van der Waals surface area contributed by atoms with Crippen LogP contribution in [0.15, 0.2) is 0 Å². The van der Waals surface area contributed by atoms with Crippen LogP contribution in [0.3, 0.4) is 0 Å². The molecule has 0 spiro atoms. The van der Waals surface area contributed by atoms with E-state index in [0.717, 1.165) is 25.0 Å². The summed E-state index contributed by atoms with van der Waals surface area (Å²) in [5, 5.41) is 9.66. The van der Waals surface area contributed by atoms with Crippen molar-refractivity contribution in [3.63, 3.8) is 0 Å². The summed E-state index contributed by atoms with van der Waals surface area (Å²) in [5.74, 6) is -0.172. The Kier molecular flexibility index (Phi) is 2.85. The van der Waals surface area contributed by atoms with Gasteiger partial charge in [0.25, 0.3) is 5.91 Å². The van der Waals surface area contributed by atoms with Crippen LogP contribution >= 0.6 is 0 Å². The Labute approximate surface area is 101 Å². The van der Waals surface area contributed by atoms with E-state index in [0.29, 0.717) is 16.8 Å². The summed E-state index contributed by atoms with van der Waals surface area (Å²) in [6.07, 6.45) is 3.19. The minimum atomic E-state index is -0.172. The van der Waals surface area contributed by atoms with E-state index in [9.17, 15) is 4.79 Å². The van der Waals surface area contributed by atoms with Crippen LogP contribution in [0.5, 0.6) is 0 Å². The van der Waals surface area contributed by atoms with Gasteiger partial charge >= 0.3 is 0 Å². The highest BCUT2D eigenvalue weighted by Gasteiger charge is 2.32. The van der Waals surface area contributed by atoms with E-state index >= 15 is 0 Å². The first-order valence-electron chi connectivity index (χ1n) is 6.00. The number of aromatic nitrogens is 2. The zero-order valence-corrected chi connectivity index (χ0v) is 10.6. The van der Waals surface area contributed by atoms with Crippen molar-refractivity contribution in [3.8, 4) is 0 Å². The number of anilines is 1. The quantitative estimate of drug-likeness (QED) is 0.729. The number of carbonyl (C=O) groups excluding carboxylic acids is 1. The summed E-state index contributed by atoms with van der Waals surface area (Å²) in [4.78, 5) is 12.0. The topological polar surface area (TPSA) is 83.8 Å². The van der Waals surface area contributed by atoms with Crippen molar-refractivity contribution in [2.24, 2.45) is 5.41 Å². The number of aryl methyl sites for hydroxylation is 1. The number of nitrogen functional groups attached to an aromatic ring is 1. The minimum absolute atomic E-state index is 0.172. The Balaban J connectivity index is 2.01. The first-order valence-corrected chi connectivity index (χ1v) is 6.00. The van der Waals surface area contributed by atoms with Gasteiger partial charge in [0.2, 0.25) is 0 Å². The van der Waals surface area contributed by atoms with E-state index < -0.39 is 0 Å². The molecule has 1 aromatic heterocycles. The van der Waals surface area contributed by atoms with Crippen molar-refractivity contribution in [1.29, 1.82) is 0 Å². The Morgan fingerprint density at radius 3 is 2.76 bits per heavy atom. The predicted octanol–water partition coefficient (Wildman–Crippen LogP) is 1.61. The second-order valence-corrected chi connectivity index (χ2v) is 5.69. The number of nitrogens with zero attached hydrogens (tertiary/aromatic N) is 1. The molecule has 2 rings (SSSR count). The molecular formula is C12H20N4O. The molecule has 4 N–H and O–H groups in total. The maximum absolute atomic E-state index is 12.0. The number of hydrogen-bond acceptors (Lipinski definition) is 3. The molecule has 0 radical (unpaired) electrons. The zero-order valence-electron chi connectivity index (χ0n) is 10.6. The van der Waals surface area contributed by atoms with Crippen LogP contribution in [0.25, 0.3) is 0 Å². The van der Waals surface area contributed by atoms with Crippen LogP contribution < -0.4 is 11.1 Å². The van der Waals surface area contributed by atoms with Gasteiger partial charge in [0, 0.05) is 6.04 Å². The summed E-state index contributed by atoms with van der Waals surface area (Å²) in [5.41, 5.74) is 7.60. The Bertz CT molecular complexity index is 436. The van der Waals surface area contributed by atoms with E-state index in [1.165, 1.54) is 0 Å². The molecule has 5 heteroatoms. The molecule has 1 aliphatic carbocycles. The van der Waals surface area contributed by atoms with Crippen molar-refractivity contribution in [2.75, 3.05) is 5.73 Å². The van der Waals surface area contributed by atoms with Gasteiger partial charge in [0.15, 0.2) is 5.69 Å². The van der Waals surface area contributed by atoms with Crippen molar-refractivity contribution in [2.45, 2.75) is 46.1 Å². The third kappa shape index (κ3) is 2.43. The molecule has 94 valence electrons. The van der Waals surface area contributed by atoms with Crippen LogP contribution in [0, 0.1) is 12.3 Å². The molecule has 0 saturated heterocycles. The lowest BCUT2D eigenvalue weighted by atomic mass is 9.92. The largest absolute Gasteiger partial charge is 0.395 e. The molecule has 1 saturated carbocycles. The number of amides is 1. The van der Waals surface area contributed by atoms with Gasteiger partial charge in [-0.15, -0.1) is 0 Å². The van der Waals surface area contributed by atoms with Crippen molar-refractivity contribution in [1.82, 2.24) is 15.5 Å². The van der Waals surface area contributed by atoms with Crippen LogP contribution in [0.2, 0.25) is 0 Å². The lowest BCUT2D eigenvalue weighted by Gasteiger charge is -2.17. The maximum atomic E-state index is 12.0. The van der Waals surface area contributed by atoms with Crippen LogP contribution in [-0.2, 0) is 0 Å². The number of H-pyrrole nitrogens is 1. The van der Waals surface area contributed by atoms with Gasteiger partial charge in [0.1, 0.15) is 0 Å². The monoisotopic (exact) mass is 236 g/mol. The molecule has 1 unspecified atom stereocenters. The molecule has 17 heavy (non-hydrogen) atoms. The highest BCUT2D eigenvalue weighted by Crippen LogP contribution is 2.37. The molecule has 1 heterocycles. The number of hydrogen-bond donors (Lipinski definition) is 3. The van der Waals surface area contributed by atoms with Crippen LogP contribution in [0.1, 0.15) is 49.3 Å². The summed E-state index contributed by atoms with van der Waals surface area (Å²) < 4.78 is 0. The summed E-state index contributed by atoms with van der Waals surface area (Å²) in [6, 6.07) is 0.244. The predicted molar refractivity (Wildman–Crippen MR) is 66.6 cm³/mol. The molecule has 1 atom stereocenters. The third-order valence-corrected chi connectivity index (χ3v) is 3.51. The van der Waals surface area contributed by atoms with Gasteiger partial charge in [-0.1, -0.05) is 13.8 Å². The highest BCUT2D eigenvalue weighted by molar-refractivity contribution is 5.97. The number of nitrogens with two attached hydrogens (primary N) is 1. The van der Waals surface area contributed by atoms with Gasteiger partial charge in [-0.25, -0.2) is 0 Å². The number of nitrogens with one attached hydrogen (secondary N) is 2. The van der Waals surface area contributed by atoms with E-state index in [-0.39, 0.29) is 11.9 Å². The summed E-state index contributed by atoms with van der Waals surface area (Å²) in [6.45, 7) is 6.26. The zero-order chi connectivity index (χ0) is 12.6. The number of aromatic amines is 1. The fraction of sp³-hybridized carbons (Fsp3) is 0.667. The lowest BCUT2D eigenvalue weighted by Crippen LogP contribution is -2.34. The molecule has 0 aromatic carbocycles. The second-order valence-electron chi connectivity index (χ2n) is 5.69. The Morgan fingerprint density at radius 2 is 2.29 bits per heavy atom. The van der Waals surface area contributed by atoms with Gasteiger partial charge in [-0.05, 0) is 31.6 Å². The van der Waals surface area contributed by atoms with E-state index in [1.807, 2.05) is 0 Å². The standard InChI is InChI=1S/C12H20N4O/c1-7-9(13)10(16-15-7)11(17)14-8-4-5-12(2,3)6-8/h8H,4-6,13H2,1-3H3,(H,14,17)(H,15,16). The van der Waals surface area contributed by atoms with E-state index in [1.54, 1.807) is 6.92 Å². The third-order valence-electron chi connectivity index (χ3n) is 3.51. The molecule has 1 amide bonds. The fourth-order valence-electron chi connectivity index (χ4n) is 2.42. The molecule has 0 aliphatic heterocycles. The van der Waals surface area contributed by atoms with Gasteiger partial charge in [-0.2, -0.15) is 5.10 Å². The second kappa shape index (κ2) is 4.05. The minimum Gasteiger partial charge on any atom is -0.395 e.